The molecule has 2 aliphatic carbocycles. The number of anilines is 1. The summed E-state index contributed by atoms with van der Waals surface area (Å²) in [7, 11) is 0. The molecule has 0 saturated heterocycles. The van der Waals surface area contributed by atoms with Crippen LogP contribution in [0.5, 0.6) is 0 Å². The number of halogens is 2. The third-order valence-corrected chi connectivity index (χ3v) is 4.06. The van der Waals surface area contributed by atoms with Crippen molar-refractivity contribution in [2.75, 3.05) is 11.4 Å². The molecule has 2 N–H and O–H groups in total. The maximum atomic E-state index is 14.3. The standard InChI is InChI=1S/C16H22F2N2/c1-10(19)6-12-7-14(17)16(15(18)8-12)20(13-4-5-13)9-11-2-3-11/h7-8,10-11,13H,2-6,9,19H2,1H3. The van der Waals surface area contributed by atoms with Crippen molar-refractivity contribution in [1.82, 2.24) is 0 Å². The Morgan fingerprint density at radius 1 is 1.20 bits per heavy atom. The first-order valence-electron chi connectivity index (χ1n) is 7.54. The number of nitrogens with zero attached hydrogens (tertiary/aromatic N) is 1. The molecule has 0 aliphatic heterocycles. The Morgan fingerprint density at radius 2 is 1.80 bits per heavy atom. The molecule has 0 bridgehead atoms. The van der Waals surface area contributed by atoms with Crippen LogP contribution in [0.25, 0.3) is 0 Å². The molecule has 0 heterocycles. The predicted molar refractivity (Wildman–Crippen MR) is 76.8 cm³/mol. The van der Waals surface area contributed by atoms with E-state index in [2.05, 4.69) is 0 Å². The van der Waals surface area contributed by atoms with E-state index in [0.717, 1.165) is 19.4 Å². The smallest absolute Gasteiger partial charge is 0.149 e. The summed E-state index contributed by atoms with van der Waals surface area (Å²) in [6, 6.07) is 3.14. The molecule has 0 spiro atoms. The summed E-state index contributed by atoms with van der Waals surface area (Å²) in [4.78, 5) is 1.96. The van der Waals surface area contributed by atoms with Crippen molar-refractivity contribution in [3.63, 3.8) is 0 Å². The highest BCUT2D eigenvalue weighted by Crippen LogP contribution is 2.39. The van der Waals surface area contributed by atoms with Crippen molar-refractivity contribution in [3.8, 4) is 0 Å². The third-order valence-electron chi connectivity index (χ3n) is 4.06. The average Bonchev–Trinajstić information content (AvgIpc) is 3.21. The van der Waals surface area contributed by atoms with Crippen LogP contribution in [0.3, 0.4) is 0 Å². The highest BCUT2D eigenvalue weighted by atomic mass is 19.1. The lowest BCUT2D eigenvalue weighted by Gasteiger charge is -2.26. The summed E-state index contributed by atoms with van der Waals surface area (Å²) in [5, 5.41) is 0. The van der Waals surface area contributed by atoms with Gasteiger partial charge in [0.1, 0.15) is 17.3 Å². The second kappa shape index (κ2) is 5.32. The summed E-state index contributed by atoms with van der Waals surface area (Å²) in [6.07, 6.45) is 4.98. The normalized spacial score (nSPS) is 20.0. The molecule has 0 radical (unpaired) electrons. The van der Waals surface area contributed by atoms with Crippen LogP contribution in [0.1, 0.15) is 38.2 Å². The van der Waals surface area contributed by atoms with Crippen molar-refractivity contribution in [3.05, 3.63) is 29.3 Å². The topological polar surface area (TPSA) is 29.3 Å². The van der Waals surface area contributed by atoms with Gasteiger partial charge >= 0.3 is 0 Å². The first-order valence-corrected chi connectivity index (χ1v) is 7.54. The third kappa shape index (κ3) is 3.11. The van der Waals surface area contributed by atoms with E-state index in [0.29, 0.717) is 23.9 Å². The molecule has 1 atom stereocenters. The number of hydrogen-bond acceptors (Lipinski definition) is 2. The van der Waals surface area contributed by atoms with Gasteiger partial charge < -0.3 is 10.6 Å². The van der Waals surface area contributed by atoms with Crippen LogP contribution in [0.2, 0.25) is 0 Å². The zero-order valence-electron chi connectivity index (χ0n) is 11.9. The zero-order valence-corrected chi connectivity index (χ0v) is 11.9. The summed E-state index contributed by atoms with van der Waals surface area (Å²) in [5.74, 6) is -0.250. The van der Waals surface area contributed by atoms with Crippen LogP contribution >= 0.6 is 0 Å². The lowest BCUT2D eigenvalue weighted by molar-refractivity contribution is 0.558. The zero-order chi connectivity index (χ0) is 14.3. The Hall–Kier alpha value is -1.16. The maximum absolute atomic E-state index is 14.3. The van der Waals surface area contributed by atoms with Gasteiger partial charge in [-0.15, -0.1) is 0 Å². The first-order chi connectivity index (χ1) is 9.54. The maximum Gasteiger partial charge on any atom is 0.149 e. The van der Waals surface area contributed by atoms with Crippen LogP contribution in [0.4, 0.5) is 14.5 Å². The molecule has 2 saturated carbocycles. The van der Waals surface area contributed by atoms with Gasteiger partial charge in [-0.25, -0.2) is 8.78 Å². The van der Waals surface area contributed by atoms with E-state index in [1.165, 1.54) is 25.0 Å². The van der Waals surface area contributed by atoms with Gasteiger partial charge in [-0.05, 0) is 62.6 Å². The van der Waals surface area contributed by atoms with E-state index in [9.17, 15) is 8.78 Å². The van der Waals surface area contributed by atoms with Gasteiger partial charge in [-0.1, -0.05) is 0 Å². The van der Waals surface area contributed by atoms with Gasteiger partial charge in [0.05, 0.1) is 0 Å². The molecule has 3 rings (SSSR count). The number of nitrogens with two attached hydrogens (primary N) is 1. The van der Waals surface area contributed by atoms with E-state index in [-0.39, 0.29) is 11.7 Å². The van der Waals surface area contributed by atoms with Crippen LogP contribution in [0.15, 0.2) is 12.1 Å². The molecular weight excluding hydrogens is 258 g/mol. The molecule has 2 fully saturated rings. The van der Waals surface area contributed by atoms with Crippen LogP contribution in [0, 0.1) is 17.6 Å². The van der Waals surface area contributed by atoms with Crippen LogP contribution < -0.4 is 10.6 Å². The fraction of sp³-hybridized carbons (Fsp3) is 0.625. The summed E-state index contributed by atoms with van der Waals surface area (Å²) in [6.45, 7) is 2.64. The van der Waals surface area contributed by atoms with Crippen molar-refractivity contribution in [2.45, 2.75) is 51.1 Å². The Morgan fingerprint density at radius 3 is 2.25 bits per heavy atom. The average molecular weight is 280 g/mol. The molecule has 110 valence electrons. The first kappa shape index (κ1) is 13.8. The monoisotopic (exact) mass is 280 g/mol. The van der Waals surface area contributed by atoms with Gasteiger partial charge in [0.2, 0.25) is 0 Å². The Kier molecular flexibility index (Phi) is 3.67. The second-order valence-corrected chi connectivity index (χ2v) is 6.42. The van der Waals surface area contributed by atoms with Gasteiger partial charge in [0.25, 0.3) is 0 Å². The van der Waals surface area contributed by atoms with Crippen molar-refractivity contribution < 1.29 is 8.78 Å². The molecule has 2 aliphatic rings. The summed E-state index contributed by atoms with van der Waals surface area (Å²) < 4.78 is 28.7. The summed E-state index contributed by atoms with van der Waals surface area (Å²) in [5.41, 5.74) is 6.51. The Balaban J connectivity index is 1.86. The van der Waals surface area contributed by atoms with Crippen LogP contribution in [-0.4, -0.2) is 18.6 Å². The highest BCUT2D eigenvalue weighted by Gasteiger charge is 2.36. The van der Waals surface area contributed by atoms with Gasteiger partial charge in [-0.2, -0.15) is 0 Å². The van der Waals surface area contributed by atoms with E-state index in [1.807, 2.05) is 11.8 Å². The highest BCUT2D eigenvalue weighted by molar-refractivity contribution is 5.53. The van der Waals surface area contributed by atoms with E-state index in [4.69, 9.17) is 5.73 Å². The number of hydrogen-bond donors (Lipinski definition) is 1. The summed E-state index contributed by atoms with van der Waals surface area (Å²) >= 11 is 0. The fourth-order valence-electron chi connectivity index (χ4n) is 2.77. The molecule has 2 nitrogen and oxygen atoms in total. The quantitative estimate of drug-likeness (QED) is 0.867. The Bertz CT molecular complexity index is 470. The fourth-order valence-corrected chi connectivity index (χ4v) is 2.77. The minimum absolute atomic E-state index is 0.0920. The molecule has 4 heteroatoms. The van der Waals surface area contributed by atoms with E-state index in [1.54, 1.807) is 0 Å². The van der Waals surface area contributed by atoms with Gasteiger partial charge in [0.15, 0.2) is 0 Å². The molecule has 20 heavy (non-hydrogen) atoms. The van der Waals surface area contributed by atoms with E-state index >= 15 is 0 Å². The number of rotatable bonds is 6. The lowest BCUT2D eigenvalue weighted by atomic mass is 10.1. The van der Waals surface area contributed by atoms with Gasteiger partial charge in [-0.3, -0.25) is 0 Å². The van der Waals surface area contributed by atoms with Crippen molar-refractivity contribution >= 4 is 5.69 Å². The second-order valence-electron chi connectivity index (χ2n) is 6.42. The predicted octanol–water partition coefficient (Wildman–Crippen LogP) is 3.23. The molecule has 1 aromatic rings. The molecule has 1 aromatic carbocycles. The SMILES string of the molecule is CC(N)Cc1cc(F)c(N(CC2CC2)C2CC2)c(F)c1. The van der Waals surface area contributed by atoms with Crippen molar-refractivity contribution in [2.24, 2.45) is 11.7 Å². The van der Waals surface area contributed by atoms with Gasteiger partial charge in [0, 0.05) is 18.6 Å². The van der Waals surface area contributed by atoms with Crippen molar-refractivity contribution in [1.29, 1.82) is 0 Å². The lowest BCUT2D eigenvalue weighted by Crippen LogP contribution is -2.30. The van der Waals surface area contributed by atoms with Crippen LogP contribution in [-0.2, 0) is 6.42 Å². The largest absolute Gasteiger partial charge is 0.364 e. The Labute approximate surface area is 118 Å². The minimum atomic E-state index is -0.437. The number of benzene rings is 1. The molecule has 0 amide bonds. The molecule has 0 aromatic heterocycles. The molecule has 1 unspecified atom stereocenters. The van der Waals surface area contributed by atoms with E-state index < -0.39 is 11.6 Å². The minimum Gasteiger partial charge on any atom is -0.364 e. The molecular formula is C16H22F2N2.